The summed E-state index contributed by atoms with van der Waals surface area (Å²) < 4.78 is 5.21. The summed E-state index contributed by atoms with van der Waals surface area (Å²) in [4.78, 5) is 0. The molecule has 0 fully saturated rings. The van der Waals surface area contributed by atoms with E-state index >= 15 is 0 Å². The number of ether oxygens (including phenoxy) is 1. The summed E-state index contributed by atoms with van der Waals surface area (Å²) in [6.07, 6.45) is 0. The third kappa shape index (κ3) is 2.61. The highest BCUT2D eigenvalue weighted by molar-refractivity contribution is 5.86. The second-order valence-electron chi connectivity index (χ2n) is 4.94. The summed E-state index contributed by atoms with van der Waals surface area (Å²) >= 11 is 0. The van der Waals surface area contributed by atoms with E-state index in [-0.39, 0.29) is 6.04 Å². The molecule has 0 saturated carbocycles. The van der Waals surface area contributed by atoms with Crippen LogP contribution in [-0.4, -0.2) is 7.11 Å². The smallest absolute Gasteiger partial charge is 0.118 e. The molecule has 0 bridgehead atoms. The molecule has 0 saturated heterocycles. The van der Waals surface area contributed by atoms with Crippen molar-refractivity contribution in [2.24, 2.45) is 5.84 Å². The minimum atomic E-state index is -0.0537. The van der Waals surface area contributed by atoms with Crippen molar-refractivity contribution in [3.63, 3.8) is 0 Å². The lowest BCUT2D eigenvalue weighted by molar-refractivity contribution is 0.414. The van der Waals surface area contributed by atoms with Crippen LogP contribution >= 0.6 is 0 Å². The lowest BCUT2D eigenvalue weighted by atomic mass is 9.94. The molecule has 1 atom stereocenters. The molecule has 0 spiro atoms. The van der Waals surface area contributed by atoms with Crippen molar-refractivity contribution in [1.29, 1.82) is 0 Å². The van der Waals surface area contributed by atoms with Gasteiger partial charge in [0.15, 0.2) is 0 Å². The fourth-order valence-electron chi connectivity index (χ4n) is 2.66. The molecule has 0 amide bonds. The fraction of sp³-hybridized carbons (Fsp3) is 0.111. The molecule has 3 heteroatoms. The molecular formula is C18H18N2O. The highest BCUT2D eigenvalue weighted by atomic mass is 16.5. The minimum Gasteiger partial charge on any atom is -0.497 e. The van der Waals surface area contributed by atoms with E-state index in [1.54, 1.807) is 7.11 Å². The van der Waals surface area contributed by atoms with Crippen LogP contribution < -0.4 is 16.0 Å². The molecule has 0 radical (unpaired) electrons. The maximum atomic E-state index is 5.82. The van der Waals surface area contributed by atoms with E-state index < -0.39 is 0 Å². The average molecular weight is 278 g/mol. The van der Waals surface area contributed by atoms with Crippen LogP contribution in [0.5, 0.6) is 5.75 Å². The SMILES string of the molecule is COc1ccc(C(NN)c2cccc3ccccc23)cc1. The van der Waals surface area contributed by atoms with E-state index in [0.29, 0.717) is 0 Å². The van der Waals surface area contributed by atoms with Crippen LogP contribution in [0, 0.1) is 0 Å². The van der Waals surface area contributed by atoms with Crippen LogP contribution in [0.25, 0.3) is 10.8 Å². The van der Waals surface area contributed by atoms with Crippen LogP contribution in [0.2, 0.25) is 0 Å². The molecule has 106 valence electrons. The molecule has 3 nitrogen and oxygen atoms in total. The Morgan fingerprint density at radius 1 is 0.905 bits per heavy atom. The fourth-order valence-corrected chi connectivity index (χ4v) is 2.66. The molecule has 3 rings (SSSR count). The van der Waals surface area contributed by atoms with E-state index in [2.05, 4.69) is 35.8 Å². The lowest BCUT2D eigenvalue weighted by Crippen LogP contribution is -2.28. The van der Waals surface area contributed by atoms with E-state index in [9.17, 15) is 0 Å². The summed E-state index contributed by atoms with van der Waals surface area (Å²) in [5, 5.41) is 2.42. The van der Waals surface area contributed by atoms with Crippen LogP contribution in [-0.2, 0) is 0 Å². The average Bonchev–Trinajstić information content (AvgIpc) is 2.56. The van der Waals surface area contributed by atoms with Crippen molar-refractivity contribution in [3.8, 4) is 5.75 Å². The molecule has 3 aromatic rings. The quantitative estimate of drug-likeness (QED) is 0.568. The second-order valence-corrected chi connectivity index (χ2v) is 4.94. The Balaban J connectivity index is 2.09. The van der Waals surface area contributed by atoms with Crippen molar-refractivity contribution in [1.82, 2.24) is 5.43 Å². The molecule has 0 aliphatic carbocycles. The molecule has 0 aliphatic heterocycles. The van der Waals surface area contributed by atoms with Crippen molar-refractivity contribution in [3.05, 3.63) is 77.9 Å². The van der Waals surface area contributed by atoms with E-state index in [1.807, 2.05) is 36.4 Å². The predicted molar refractivity (Wildman–Crippen MR) is 86.1 cm³/mol. The highest BCUT2D eigenvalue weighted by Crippen LogP contribution is 2.29. The summed E-state index contributed by atoms with van der Waals surface area (Å²) in [5.74, 6) is 6.66. The first kappa shape index (κ1) is 13.6. The third-order valence-electron chi connectivity index (χ3n) is 3.75. The van der Waals surface area contributed by atoms with Gasteiger partial charge in [0, 0.05) is 0 Å². The Morgan fingerprint density at radius 3 is 2.33 bits per heavy atom. The van der Waals surface area contributed by atoms with Gasteiger partial charge in [0.25, 0.3) is 0 Å². The highest BCUT2D eigenvalue weighted by Gasteiger charge is 2.14. The van der Waals surface area contributed by atoms with Gasteiger partial charge < -0.3 is 4.74 Å². The number of nitrogens with two attached hydrogens (primary N) is 1. The first-order chi connectivity index (χ1) is 10.3. The zero-order chi connectivity index (χ0) is 14.7. The largest absolute Gasteiger partial charge is 0.497 e. The molecule has 0 aliphatic rings. The summed E-state index contributed by atoms with van der Waals surface area (Å²) in [6.45, 7) is 0. The summed E-state index contributed by atoms with van der Waals surface area (Å²) in [6, 6.07) is 22.5. The molecule has 0 heterocycles. The maximum absolute atomic E-state index is 5.82. The predicted octanol–water partition coefficient (Wildman–Crippen LogP) is 3.40. The van der Waals surface area contributed by atoms with Crippen molar-refractivity contribution in [2.45, 2.75) is 6.04 Å². The first-order valence-corrected chi connectivity index (χ1v) is 6.91. The van der Waals surface area contributed by atoms with Gasteiger partial charge >= 0.3 is 0 Å². The maximum Gasteiger partial charge on any atom is 0.118 e. The minimum absolute atomic E-state index is 0.0537. The van der Waals surface area contributed by atoms with Crippen molar-refractivity contribution in [2.75, 3.05) is 7.11 Å². The number of benzene rings is 3. The van der Waals surface area contributed by atoms with Crippen LogP contribution in [0.3, 0.4) is 0 Å². The van der Waals surface area contributed by atoms with Crippen LogP contribution in [0.15, 0.2) is 66.7 Å². The Kier molecular flexibility index (Phi) is 3.86. The lowest BCUT2D eigenvalue weighted by Gasteiger charge is -2.19. The molecule has 21 heavy (non-hydrogen) atoms. The third-order valence-corrected chi connectivity index (χ3v) is 3.75. The summed E-state index contributed by atoms with van der Waals surface area (Å²) in [7, 11) is 1.67. The molecule has 3 aromatic carbocycles. The Labute approximate surface area is 124 Å². The van der Waals surface area contributed by atoms with Gasteiger partial charge in [-0.2, -0.15) is 0 Å². The Hall–Kier alpha value is -2.36. The topological polar surface area (TPSA) is 47.3 Å². The van der Waals surface area contributed by atoms with E-state index in [4.69, 9.17) is 10.6 Å². The van der Waals surface area contributed by atoms with Crippen LogP contribution in [0.4, 0.5) is 0 Å². The molecule has 1 unspecified atom stereocenters. The number of fused-ring (bicyclic) bond motifs is 1. The summed E-state index contributed by atoms with van der Waals surface area (Å²) in [5.41, 5.74) is 5.20. The standard InChI is InChI=1S/C18H18N2O/c1-21-15-11-9-14(10-12-15)18(20-19)17-8-4-6-13-5-2-3-7-16(13)17/h2-12,18,20H,19H2,1H3. The molecular weight excluding hydrogens is 260 g/mol. The number of methoxy groups -OCH3 is 1. The number of hydrogen-bond acceptors (Lipinski definition) is 3. The van der Waals surface area contributed by atoms with E-state index in [1.165, 1.54) is 16.3 Å². The number of hydrogen-bond donors (Lipinski definition) is 2. The number of rotatable bonds is 4. The monoisotopic (exact) mass is 278 g/mol. The zero-order valence-electron chi connectivity index (χ0n) is 11.9. The van der Waals surface area contributed by atoms with Crippen LogP contribution in [0.1, 0.15) is 17.2 Å². The van der Waals surface area contributed by atoms with Gasteiger partial charge in [-0.15, -0.1) is 0 Å². The second kappa shape index (κ2) is 5.95. The van der Waals surface area contributed by atoms with Gasteiger partial charge in [-0.25, -0.2) is 5.43 Å². The normalized spacial score (nSPS) is 12.3. The Morgan fingerprint density at radius 2 is 1.62 bits per heavy atom. The van der Waals surface area contributed by atoms with Gasteiger partial charge in [0.05, 0.1) is 13.2 Å². The van der Waals surface area contributed by atoms with Gasteiger partial charge in [0.2, 0.25) is 0 Å². The zero-order valence-corrected chi connectivity index (χ0v) is 11.9. The van der Waals surface area contributed by atoms with Gasteiger partial charge in [-0.1, -0.05) is 54.6 Å². The van der Waals surface area contributed by atoms with Crippen molar-refractivity contribution >= 4 is 10.8 Å². The van der Waals surface area contributed by atoms with Gasteiger partial charge in [0.1, 0.15) is 5.75 Å². The van der Waals surface area contributed by atoms with Crippen molar-refractivity contribution < 1.29 is 4.74 Å². The number of hydrazine groups is 1. The first-order valence-electron chi connectivity index (χ1n) is 6.91. The molecule has 3 N–H and O–H groups in total. The number of nitrogens with one attached hydrogen (secondary N) is 1. The van der Waals surface area contributed by atoms with Gasteiger partial charge in [-0.05, 0) is 34.0 Å². The Bertz CT molecular complexity index is 732. The van der Waals surface area contributed by atoms with E-state index in [0.717, 1.165) is 11.3 Å². The van der Waals surface area contributed by atoms with Gasteiger partial charge in [-0.3, -0.25) is 5.84 Å². The molecule has 0 aromatic heterocycles.